The molecule has 2 atom stereocenters. The molecule has 5 rings (SSSR count). The summed E-state index contributed by atoms with van der Waals surface area (Å²) in [5.74, 6) is 0.705. The number of piperazine rings is 1. The number of rotatable bonds is 5. The summed E-state index contributed by atoms with van der Waals surface area (Å²) in [6.07, 6.45) is -0.405. The van der Waals surface area contributed by atoms with Crippen molar-refractivity contribution in [3.05, 3.63) is 76.9 Å². The van der Waals surface area contributed by atoms with Gasteiger partial charge >= 0.3 is 0 Å². The Labute approximate surface area is 200 Å². The number of aliphatic hydroxyl groups excluding tert-OH is 1. The predicted octanol–water partition coefficient (Wildman–Crippen LogP) is 3.47. The highest BCUT2D eigenvalue weighted by molar-refractivity contribution is 6.30. The molecule has 0 bridgehead atoms. The third-order valence-corrected chi connectivity index (χ3v) is 6.90. The molecule has 6 nitrogen and oxygen atoms in total. The van der Waals surface area contributed by atoms with E-state index in [0.29, 0.717) is 12.5 Å². The van der Waals surface area contributed by atoms with Crippen molar-refractivity contribution in [2.75, 3.05) is 44.2 Å². The smallest absolute Gasteiger partial charge is 0.226 e. The van der Waals surface area contributed by atoms with Crippen LogP contribution in [0.3, 0.4) is 0 Å². The van der Waals surface area contributed by atoms with E-state index in [-0.39, 0.29) is 6.04 Å². The number of hydrogen-bond donors (Lipinski definition) is 1. The summed E-state index contributed by atoms with van der Waals surface area (Å²) in [6.45, 7) is 8.13. The molecule has 2 saturated heterocycles. The normalized spacial score (nSPS) is 22.1. The molecule has 2 unspecified atom stereocenters. The van der Waals surface area contributed by atoms with E-state index >= 15 is 0 Å². The van der Waals surface area contributed by atoms with Crippen LogP contribution in [0.25, 0.3) is 11.3 Å². The van der Waals surface area contributed by atoms with Crippen LogP contribution >= 0.6 is 11.6 Å². The predicted molar refractivity (Wildman–Crippen MR) is 133 cm³/mol. The van der Waals surface area contributed by atoms with Crippen LogP contribution in [-0.2, 0) is 6.54 Å². The van der Waals surface area contributed by atoms with Crippen molar-refractivity contribution >= 4 is 17.5 Å². The van der Waals surface area contributed by atoms with Crippen molar-refractivity contribution in [3.63, 3.8) is 0 Å². The number of aliphatic hydroxyl groups is 1. The first-order valence-electron chi connectivity index (χ1n) is 11.6. The number of benzene rings is 2. The Morgan fingerprint density at radius 3 is 2.39 bits per heavy atom. The zero-order valence-electron chi connectivity index (χ0n) is 18.9. The third kappa shape index (κ3) is 5.20. The number of aromatic nitrogens is 2. The van der Waals surface area contributed by atoms with Gasteiger partial charge in [0, 0.05) is 62.1 Å². The van der Waals surface area contributed by atoms with Crippen LogP contribution in [0.2, 0.25) is 5.02 Å². The molecule has 7 heteroatoms. The second-order valence-electron chi connectivity index (χ2n) is 9.04. The van der Waals surface area contributed by atoms with Gasteiger partial charge in [0.2, 0.25) is 5.95 Å². The van der Waals surface area contributed by atoms with Gasteiger partial charge < -0.3 is 10.0 Å². The van der Waals surface area contributed by atoms with E-state index in [1.54, 1.807) is 0 Å². The van der Waals surface area contributed by atoms with Gasteiger partial charge in [-0.2, -0.15) is 0 Å². The maximum absolute atomic E-state index is 10.9. The van der Waals surface area contributed by atoms with E-state index in [4.69, 9.17) is 16.6 Å². The van der Waals surface area contributed by atoms with Crippen LogP contribution < -0.4 is 4.90 Å². The first-order valence-corrected chi connectivity index (χ1v) is 12.0. The van der Waals surface area contributed by atoms with E-state index in [0.717, 1.165) is 61.2 Å². The molecule has 2 aliphatic heterocycles. The van der Waals surface area contributed by atoms with Gasteiger partial charge in [-0.1, -0.05) is 54.1 Å². The van der Waals surface area contributed by atoms with Gasteiger partial charge in [-0.25, -0.2) is 9.97 Å². The van der Waals surface area contributed by atoms with Crippen molar-refractivity contribution in [1.82, 2.24) is 19.8 Å². The molecule has 0 spiro atoms. The summed E-state index contributed by atoms with van der Waals surface area (Å²) >= 11 is 6.01. The number of β-amino-alcohol motifs (C(OH)–C–C–N with tert-alkyl or cyclic N) is 1. The zero-order chi connectivity index (χ0) is 22.8. The second kappa shape index (κ2) is 9.77. The SMILES string of the molecule is Cc1cc(-c2ccccc2)nc(N2CC(O)C(N3CCN(Cc4ccc(Cl)cc4)CC3)C2)n1. The number of hydrogen-bond acceptors (Lipinski definition) is 6. The number of aryl methyl sites for hydroxylation is 1. The highest BCUT2D eigenvalue weighted by Crippen LogP contribution is 2.25. The summed E-state index contributed by atoms with van der Waals surface area (Å²) in [5, 5.41) is 11.7. The maximum atomic E-state index is 10.9. The molecule has 2 aromatic carbocycles. The lowest BCUT2D eigenvalue weighted by Crippen LogP contribution is -2.53. The summed E-state index contributed by atoms with van der Waals surface area (Å²) < 4.78 is 0. The average molecular weight is 464 g/mol. The molecule has 2 fully saturated rings. The summed E-state index contributed by atoms with van der Waals surface area (Å²) in [5.41, 5.74) is 4.22. The number of nitrogens with zero attached hydrogens (tertiary/aromatic N) is 5. The average Bonchev–Trinajstić information content (AvgIpc) is 3.23. The molecular weight excluding hydrogens is 434 g/mol. The van der Waals surface area contributed by atoms with Crippen LogP contribution in [-0.4, -0.2) is 76.3 Å². The van der Waals surface area contributed by atoms with Crippen LogP contribution in [0, 0.1) is 6.92 Å². The molecule has 3 heterocycles. The Balaban J connectivity index is 1.22. The van der Waals surface area contributed by atoms with Gasteiger partial charge in [0.15, 0.2) is 0 Å². The molecule has 3 aromatic rings. The van der Waals surface area contributed by atoms with Crippen LogP contribution in [0.5, 0.6) is 0 Å². The number of halogens is 1. The Hall–Kier alpha value is -2.51. The topological polar surface area (TPSA) is 55.7 Å². The van der Waals surface area contributed by atoms with Gasteiger partial charge in [-0.3, -0.25) is 9.80 Å². The molecule has 172 valence electrons. The fraction of sp³-hybridized carbons (Fsp3) is 0.385. The Morgan fingerprint density at radius 1 is 0.939 bits per heavy atom. The van der Waals surface area contributed by atoms with Crippen LogP contribution in [0.4, 0.5) is 5.95 Å². The largest absolute Gasteiger partial charge is 0.390 e. The van der Waals surface area contributed by atoms with E-state index in [9.17, 15) is 5.11 Å². The Kier molecular flexibility index (Phi) is 6.60. The zero-order valence-corrected chi connectivity index (χ0v) is 19.7. The quantitative estimate of drug-likeness (QED) is 0.625. The van der Waals surface area contributed by atoms with Crippen molar-refractivity contribution in [1.29, 1.82) is 0 Å². The summed E-state index contributed by atoms with van der Waals surface area (Å²) in [7, 11) is 0. The monoisotopic (exact) mass is 463 g/mol. The highest BCUT2D eigenvalue weighted by Gasteiger charge is 2.38. The van der Waals surface area contributed by atoms with Crippen molar-refractivity contribution in [3.8, 4) is 11.3 Å². The van der Waals surface area contributed by atoms with Crippen molar-refractivity contribution < 1.29 is 5.11 Å². The molecule has 0 radical (unpaired) electrons. The molecule has 0 saturated carbocycles. The van der Waals surface area contributed by atoms with Gasteiger partial charge in [0.1, 0.15) is 0 Å². The first kappa shape index (κ1) is 22.3. The molecule has 0 amide bonds. The lowest BCUT2D eigenvalue weighted by molar-refractivity contribution is 0.0424. The highest BCUT2D eigenvalue weighted by atomic mass is 35.5. The molecule has 33 heavy (non-hydrogen) atoms. The van der Waals surface area contributed by atoms with Crippen LogP contribution in [0.15, 0.2) is 60.7 Å². The third-order valence-electron chi connectivity index (χ3n) is 6.65. The van der Waals surface area contributed by atoms with Gasteiger partial charge in [-0.05, 0) is 30.7 Å². The summed E-state index contributed by atoms with van der Waals surface area (Å²) in [4.78, 5) is 16.5. The second-order valence-corrected chi connectivity index (χ2v) is 9.48. The molecule has 1 aromatic heterocycles. The minimum Gasteiger partial charge on any atom is -0.390 e. The van der Waals surface area contributed by atoms with Crippen LogP contribution in [0.1, 0.15) is 11.3 Å². The minimum absolute atomic E-state index is 0.104. The first-order chi connectivity index (χ1) is 16.0. The molecular formula is C26H30ClN5O. The standard InChI is InChI=1S/C26H30ClN5O/c1-19-15-23(21-5-3-2-4-6-21)29-26(28-19)32-17-24(25(33)18-32)31-13-11-30(12-14-31)16-20-7-9-22(27)10-8-20/h2-10,15,24-25,33H,11-14,16-18H2,1H3. The molecule has 0 aliphatic carbocycles. The van der Waals surface area contributed by atoms with Crippen molar-refractivity contribution in [2.45, 2.75) is 25.6 Å². The lowest BCUT2D eigenvalue weighted by Gasteiger charge is -2.38. The van der Waals surface area contributed by atoms with Crippen molar-refractivity contribution in [2.24, 2.45) is 0 Å². The Bertz CT molecular complexity index is 1070. The fourth-order valence-electron chi connectivity index (χ4n) is 4.84. The summed E-state index contributed by atoms with van der Waals surface area (Å²) in [6, 6.07) is 20.4. The molecule has 2 aliphatic rings. The van der Waals surface area contributed by atoms with E-state index in [1.807, 2.05) is 43.3 Å². The molecule has 1 N–H and O–H groups in total. The van der Waals surface area contributed by atoms with E-state index in [1.165, 1.54) is 5.56 Å². The fourth-order valence-corrected chi connectivity index (χ4v) is 4.97. The van der Waals surface area contributed by atoms with E-state index < -0.39 is 6.10 Å². The van der Waals surface area contributed by atoms with Gasteiger partial charge in [0.25, 0.3) is 0 Å². The lowest BCUT2D eigenvalue weighted by atomic mass is 10.1. The number of anilines is 1. The van der Waals surface area contributed by atoms with Gasteiger partial charge in [0.05, 0.1) is 17.8 Å². The van der Waals surface area contributed by atoms with Gasteiger partial charge in [-0.15, -0.1) is 0 Å². The minimum atomic E-state index is -0.405. The Morgan fingerprint density at radius 2 is 1.67 bits per heavy atom. The maximum Gasteiger partial charge on any atom is 0.226 e. The van der Waals surface area contributed by atoms with E-state index in [2.05, 4.69) is 43.9 Å².